The first kappa shape index (κ1) is 24.5. The SMILES string of the molecule is COc1ccc2sc(N(CCCN3CCOCC3)C(=O)C3COc4ccccc4O3)nc2c1.Cl. The lowest BCUT2D eigenvalue weighted by atomic mass is 10.2. The normalized spacial score (nSPS) is 17.7. The molecule has 1 atom stereocenters. The van der Waals surface area contributed by atoms with Gasteiger partial charge in [0.15, 0.2) is 16.6 Å². The molecule has 1 saturated heterocycles. The van der Waals surface area contributed by atoms with Crippen LogP contribution in [-0.4, -0.2) is 75.0 Å². The molecule has 34 heavy (non-hydrogen) atoms. The fourth-order valence-electron chi connectivity index (χ4n) is 4.03. The van der Waals surface area contributed by atoms with E-state index in [1.54, 1.807) is 12.0 Å². The van der Waals surface area contributed by atoms with Crippen molar-refractivity contribution in [1.29, 1.82) is 0 Å². The molecule has 2 aliphatic heterocycles. The molecule has 0 aliphatic carbocycles. The Morgan fingerprint density at radius 2 is 2.00 bits per heavy atom. The Kier molecular flexibility index (Phi) is 8.10. The summed E-state index contributed by atoms with van der Waals surface area (Å²) < 4.78 is 23.6. The van der Waals surface area contributed by atoms with Gasteiger partial charge in [0.05, 0.1) is 30.5 Å². The molecule has 182 valence electrons. The summed E-state index contributed by atoms with van der Waals surface area (Å²) in [5.41, 5.74) is 0.812. The van der Waals surface area contributed by atoms with E-state index >= 15 is 0 Å². The van der Waals surface area contributed by atoms with Crippen molar-refractivity contribution in [1.82, 2.24) is 9.88 Å². The molecule has 10 heteroatoms. The van der Waals surface area contributed by atoms with Gasteiger partial charge in [0.2, 0.25) is 6.10 Å². The molecule has 1 unspecified atom stereocenters. The predicted molar refractivity (Wildman–Crippen MR) is 134 cm³/mol. The van der Waals surface area contributed by atoms with Crippen molar-refractivity contribution in [2.75, 3.05) is 58.0 Å². The lowest BCUT2D eigenvalue weighted by Crippen LogP contribution is -2.47. The number of halogens is 1. The van der Waals surface area contributed by atoms with Crippen LogP contribution in [0.25, 0.3) is 10.2 Å². The monoisotopic (exact) mass is 505 g/mol. The lowest BCUT2D eigenvalue weighted by molar-refractivity contribution is -0.127. The summed E-state index contributed by atoms with van der Waals surface area (Å²) in [5, 5.41) is 0.660. The van der Waals surface area contributed by atoms with E-state index in [1.165, 1.54) is 11.3 Å². The van der Waals surface area contributed by atoms with Gasteiger partial charge in [0.25, 0.3) is 5.91 Å². The minimum Gasteiger partial charge on any atom is -0.497 e. The van der Waals surface area contributed by atoms with Crippen molar-refractivity contribution >= 4 is 45.0 Å². The van der Waals surface area contributed by atoms with Crippen molar-refractivity contribution in [2.45, 2.75) is 12.5 Å². The van der Waals surface area contributed by atoms with Gasteiger partial charge < -0.3 is 18.9 Å². The molecule has 2 aliphatic rings. The van der Waals surface area contributed by atoms with Crippen molar-refractivity contribution in [3.63, 3.8) is 0 Å². The molecule has 3 aromatic rings. The standard InChI is InChI=1S/C24H27N3O5S.ClH/c1-29-17-7-8-22-18(15-17)25-24(33-22)27(10-4-9-26-11-13-30-14-12-26)23(28)21-16-31-19-5-2-3-6-20(19)32-21;/h2-3,5-8,15,21H,4,9-14,16H2,1H3;1H. The quantitative estimate of drug-likeness (QED) is 0.485. The minimum atomic E-state index is -0.718. The first-order valence-corrected chi connectivity index (χ1v) is 12.0. The highest BCUT2D eigenvalue weighted by Crippen LogP contribution is 2.34. The zero-order valence-electron chi connectivity index (χ0n) is 19.0. The number of carbonyl (C=O) groups is 1. The van der Waals surface area contributed by atoms with Crippen molar-refractivity contribution in [3.05, 3.63) is 42.5 Å². The van der Waals surface area contributed by atoms with Crippen molar-refractivity contribution in [3.8, 4) is 17.2 Å². The second kappa shape index (κ2) is 11.2. The number of amides is 1. The van der Waals surface area contributed by atoms with Gasteiger partial charge in [-0.25, -0.2) is 4.98 Å². The largest absolute Gasteiger partial charge is 0.497 e. The van der Waals surface area contributed by atoms with E-state index in [9.17, 15) is 4.79 Å². The third kappa shape index (κ3) is 5.38. The van der Waals surface area contributed by atoms with Crippen LogP contribution in [0, 0.1) is 0 Å². The molecule has 3 heterocycles. The molecule has 0 N–H and O–H groups in total. The van der Waals surface area contributed by atoms with Gasteiger partial charge in [-0.15, -0.1) is 12.4 Å². The molecule has 1 amide bonds. The molecule has 0 radical (unpaired) electrons. The van der Waals surface area contributed by atoms with Crippen LogP contribution in [0.2, 0.25) is 0 Å². The Morgan fingerprint density at radius 3 is 2.79 bits per heavy atom. The summed E-state index contributed by atoms with van der Waals surface area (Å²) in [6.07, 6.45) is 0.111. The molecule has 8 nitrogen and oxygen atoms in total. The minimum absolute atomic E-state index is 0. The van der Waals surface area contributed by atoms with Gasteiger partial charge in [0, 0.05) is 32.2 Å². The van der Waals surface area contributed by atoms with Crippen molar-refractivity contribution < 1.29 is 23.7 Å². The van der Waals surface area contributed by atoms with Crippen LogP contribution in [0.1, 0.15) is 6.42 Å². The average Bonchev–Trinajstić information content (AvgIpc) is 3.29. The van der Waals surface area contributed by atoms with Gasteiger partial charge in [-0.3, -0.25) is 14.6 Å². The summed E-state index contributed by atoms with van der Waals surface area (Å²) in [6.45, 7) is 4.99. The number of rotatable bonds is 7. The number of methoxy groups -OCH3 is 1. The second-order valence-electron chi connectivity index (χ2n) is 7.99. The Bertz CT molecular complexity index is 1120. The van der Waals surface area contributed by atoms with Crippen molar-refractivity contribution in [2.24, 2.45) is 0 Å². The van der Waals surface area contributed by atoms with Crippen LogP contribution in [0.5, 0.6) is 17.2 Å². The van der Waals surface area contributed by atoms with E-state index in [0.29, 0.717) is 23.2 Å². The molecule has 0 saturated carbocycles. The number of ether oxygens (including phenoxy) is 4. The highest BCUT2D eigenvalue weighted by atomic mass is 35.5. The summed E-state index contributed by atoms with van der Waals surface area (Å²) >= 11 is 1.50. The van der Waals surface area contributed by atoms with Crippen LogP contribution >= 0.6 is 23.7 Å². The number of morpholine rings is 1. The predicted octanol–water partition coefficient (Wildman–Crippen LogP) is 3.62. The maximum absolute atomic E-state index is 13.6. The second-order valence-corrected chi connectivity index (χ2v) is 9.00. The molecule has 2 aromatic carbocycles. The first-order chi connectivity index (χ1) is 16.2. The number of thiazole rings is 1. The van der Waals surface area contributed by atoms with E-state index in [4.69, 9.17) is 23.9 Å². The van der Waals surface area contributed by atoms with E-state index in [-0.39, 0.29) is 24.9 Å². The number of anilines is 1. The van der Waals surface area contributed by atoms with E-state index < -0.39 is 6.10 Å². The van der Waals surface area contributed by atoms with Gasteiger partial charge >= 0.3 is 0 Å². The molecular formula is C24H28ClN3O5S. The third-order valence-electron chi connectivity index (χ3n) is 5.82. The summed E-state index contributed by atoms with van der Waals surface area (Å²) in [6, 6.07) is 13.2. The number of benzene rings is 2. The van der Waals surface area contributed by atoms with Crippen LogP contribution in [0.15, 0.2) is 42.5 Å². The number of fused-ring (bicyclic) bond motifs is 2. The summed E-state index contributed by atoms with van der Waals surface area (Å²) in [5.74, 6) is 1.85. The first-order valence-electron chi connectivity index (χ1n) is 11.2. The Labute approximate surface area is 208 Å². The number of carbonyl (C=O) groups excluding carboxylic acids is 1. The van der Waals surface area contributed by atoms with Gasteiger partial charge in [-0.05, 0) is 30.7 Å². The van der Waals surface area contributed by atoms with Crippen LogP contribution in [-0.2, 0) is 9.53 Å². The summed E-state index contributed by atoms with van der Waals surface area (Å²) in [7, 11) is 1.63. The molecule has 0 bridgehead atoms. The summed E-state index contributed by atoms with van der Waals surface area (Å²) in [4.78, 5) is 22.5. The Morgan fingerprint density at radius 1 is 1.21 bits per heavy atom. The van der Waals surface area contributed by atoms with E-state index in [2.05, 4.69) is 4.90 Å². The van der Waals surface area contributed by atoms with Gasteiger partial charge in [-0.2, -0.15) is 0 Å². The highest BCUT2D eigenvalue weighted by Gasteiger charge is 2.33. The zero-order chi connectivity index (χ0) is 22.6. The van der Waals surface area contributed by atoms with Crippen LogP contribution in [0.3, 0.4) is 0 Å². The fourth-order valence-corrected chi connectivity index (χ4v) is 5.01. The molecule has 0 spiro atoms. The highest BCUT2D eigenvalue weighted by molar-refractivity contribution is 7.22. The van der Waals surface area contributed by atoms with Gasteiger partial charge in [0.1, 0.15) is 12.4 Å². The number of para-hydroxylation sites is 2. The molecular weight excluding hydrogens is 478 g/mol. The number of nitrogens with zero attached hydrogens (tertiary/aromatic N) is 3. The third-order valence-corrected chi connectivity index (χ3v) is 6.88. The van der Waals surface area contributed by atoms with Gasteiger partial charge in [-0.1, -0.05) is 23.5 Å². The van der Waals surface area contributed by atoms with E-state index in [0.717, 1.165) is 55.2 Å². The molecule has 5 rings (SSSR count). The smallest absolute Gasteiger partial charge is 0.273 e. The van der Waals surface area contributed by atoms with Crippen LogP contribution in [0.4, 0.5) is 5.13 Å². The maximum Gasteiger partial charge on any atom is 0.273 e. The van der Waals surface area contributed by atoms with Crippen LogP contribution < -0.4 is 19.1 Å². The number of hydrogen-bond acceptors (Lipinski definition) is 8. The Hall–Kier alpha value is -2.59. The zero-order valence-corrected chi connectivity index (χ0v) is 20.6. The number of hydrogen-bond donors (Lipinski definition) is 0. The lowest BCUT2D eigenvalue weighted by Gasteiger charge is -2.31. The van der Waals surface area contributed by atoms with E-state index in [1.807, 2.05) is 42.5 Å². The molecule has 1 fully saturated rings. The molecule has 1 aromatic heterocycles. The maximum atomic E-state index is 13.6. The fraction of sp³-hybridized carbons (Fsp3) is 0.417. The Balaban J connectivity index is 0.00000274. The topological polar surface area (TPSA) is 73.4 Å². The average molecular weight is 506 g/mol. The number of aromatic nitrogens is 1.